The minimum absolute atomic E-state index is 0.412. The summed E-state index contributed by atoms with van der Waals surface area (Å²) in [6.45, 7) is 2.00. The van der Waals surface area contributed by atoms with Crippen molar-refractivity contribution < 1.29 is 14.2 Å². The Morgan fingerprint density at radius 2 is 1.81 bits per heavy atom. The van der Waals surface area contributed by atoms with Crippen LogP contribution in [0.1, 0.15) is 11.1 Å². The summed E-state index contributed by atoms with van der Waals surface area (Å²) in [7, 11) is 0. The van der Waals surface area contributed by atoms with Gasteiger partial charge in [0, 0.05) is 22.3 Å². The highest BCUT2D eigenvalue weighted by Gasteiger charge is 2.14. The third-order valence-electron chi connectivity index (χ3n) is 3.22. The topological polar surface area (TPSA) is 53.7 Å². The molecule has 2 aromatic rings. The molecule has 0 bridgehead atoms. The van der Waals surface area contributed by atoms with Gasteiger partial charge >= 0.3 is 0 Å². The summed E-state index contributed by atoms with van der Waals surface area (Å²) < 4.78 is 16.7. The highest BCUT2D eigenvalue weighted by Crippen LogP contribution is 2.34. The molecule has 0 radical (unpaired) electrons. The zero-order valence-corrected chi connectivity index (χ0v) is 12.2. The number of rotatable bonds is 4. The van der Waals surface area contributed by atoms with Gasteiger partial charge in [0.2, 0.25) is 0 Å². The van der Waals surface area contributed by atoms with Crippen LogP contribution in [-0.2, 0) is 18.0 Å². The fourth-order valence-electron chi connectivity index (χ4n) is 2.18. The van der Waals surface area contributed by atoms with E-state index in [1.165, 1.54) is 0 Å². The van der Waals surface area contributed by atoms with E-state index in [1.54, 1.807) is 6.07 Å². The molecular formula is C16H16ClNO3. The van der Waals surface area contributed by atoms with Gasteiger partial charge < -0.3 is 19.9 Å². The Kier molecular flexibility index (Phi) is 4.18. The van der Waals surface area contributed by atoms with E-state index in [0.29, 0.717) is 42.9 Å². The summed E-state index contributed by atoms with van der Waals surface area (Å²) in [6.07, 6.45) is 0. The van der Waals surface area contributed by atoms with Crippen LogP contribution in [0.2, 0.25) is 5.02 Å². The molecular weight excluding hydrogens is 290 g/mol. The van der Waals surface area contributed by atoms with Crippen LogP contribution in [0.15, 0.2) is 36.4 Å². The summed E-state index contributed by atoms with van der Waals surface area (Å²) in [4.78, 5) is 0. The number of nitrogens with two attached hydrogens (primary N) is 1. The normalized spacial score (nSPS) is 13.2. The molecule has 1 aliphatic heterocycles. The lowest BCUT2D eigenvalue weighted by molar-refractivity contribution is 0.107. The minimum Gasteiger partial charge on any atom is -0.486 e. The number of nitrogen functional groups attached to an aromatic ring is 1. The lowest BCUT2D eigenvalue weighted by Crippen LogP contribution is -2.16. The van der Waals surface area contributed by atoms with E-state index in [2.05, 4.69) is 0 Å². The van der Waals surface area contributed by atoms with Gasteiger partial charge in [0.15, 0.2) is 11.5 Å². The maximum Gasteiger partial charge on any atom is 0.163 e. The van der Waals surface area contributed by atoms with Crippen LogP contribution in [0, 0.1) is 0 Å². The van der Waals surface area contributed by atoms with Gasteiger partial charge in [0.05, 0.1) is 13.2 Å². The second-order valence-electron chi connectivity index (χ2n) is 4.82. The lowest BCUT2D eigenvalue weighted by Gasteiger charge is -2.20. The third kappa shape index (κ3) is 3.40. The molecule has 0 aliphatic carbocycles. The average molecular weight is 306 g/mol. The van der Waals surface area contributed by atoms with E-state index in [4.69, 9.17) is 31.5 Å². The SMILES string of the molecule is Nc1cc2c(cc1COCc1cccc(Cl)c1)OCCO2. The lowest BCUT2D eigenvalue weighted by atomic mass is 10.1. The van der Waals surface area contributed by atoms with Crippen LogP contribution in [0.4, 0.5) is 5.69 Å². The Morgan fingerprint density at radius 1 is 1.05 bits per heavy atom. The summed E-state index contributed by atoms with van der Waals surface area (Å²) in [5.74, 6) is 1.41. The van der Waals surface area contributed by atoms with E-state index in [0.717, 1.165) is 16.9 Å². The van der Waals surface area contributed by atoms with E-state index in [1.807, 2.05) is 30.3 Å². The molecule has 0 saturated heterocycles. The molecule has 0 atom stereocenters. The van der Waals surface area contributed by atoms with E-state index in [9.17, 15) is 0 Å². The van der Waals surface area contributed by atoms with Crippen molar-refractivity contribution in [2.75, 3.05) is 18.9 Å². The van der Waals surface area contributed by atoms with Crippen LogP contribution in [-0.4, -0.2) is 13.2 Å². The van der Waals surface area contributed by atoms with Crippen molar-refractivity contribution in [2.24, 2.45) is 0 Å². The molecule has 2 N–H and O–H groups in total. The Morgan fingerprint density at radius 3 is 2.57 bits per heavy atom. The molecule has 4 nitrogen and oxygen atoms in total. The fraction of sp³-hybridized carbons (Fsp3) is 0.250. The second kappa shape index (κ2) is 6.24. The second-order valence-corrected chi connectivity index (χ2v) is 5.25. The first-order valence-electron chi connectivity index (χ1n) is 6.72. The number of hydrogen-bond acceptors (Lipinski definition) is 4. The van der Waals surface area contributed by atoms with Crippen molar-refractivity contribution in [3.63, 3.8) is 0 Å². The molecule has 0 spiro atoms. The van der Waals surface area contributed by atoms with Crippen LogP contribution >= 0.6 is 11.6 Å². The van der Waals surface area contributed by atoms with Gasteiger partial charge in [-0.05, 0) is 23.8 Å². The van der Waals surface area contributed by atoms with Crippen LogP contribution in [0.25, 0.3) is 0 Å². The predicted octanol–water partition coefficient (Wildman–Crippen LogP) is 3.41. The van der Waals surface area contributed by atoms with Gasteiger partial charge in [-0.15, -0.1) is 0 Å². The zero-order chi connectivity index (χ0) is 14.7. The van der Waals surface area contributed by atoms with Crippen molar-refractivity contribution in [1.82, 2.24) is 0 Å². The number of halogens is 1. The van der Waals surface area contributed by atoms with E-state index in [-0.39, 0.29) is 0 Å². The molecule has 0 unspecified atom stereocenters. The smallest absolute Gasteiger partial charge is 0.163 e. The maximum absolute atomic E-state index is 6.01. The van der Waals surface area contributed by atoms with Gasteiger partial charge in [-0.25, -0.2) is 0 Å². The minimum atomic E-state index is 0.412. The average Bonchev–Trinajstić information content (AvgIpc) is 2.48. The Balaban J connectivity index is 1.65. The number of anilines is 1. The molecule has 2 aromatic carbocycles. The highest BCUT2D eigenvalue weighted by molar-refractivity contribution is 6.30. The fourth-order valence-corrected chi connectivity index (χ4v) is 2.39. The van der Waals surface area contributed by atoms with E-state index >= 15 is 0 Å². The van der Waals surface area contributed by atoms with Crippen molar-refractivity contribution >= 4 is 17.3 Å². The van der Waals surface area contributed by atoms with Gasteiger partial charge in [0.1, 0.15) is 13.2 Å². The number of ether oxygens (including phenoxy) is 3. The van der Waals surface area contributed by atoms with Crippen LogP contribution in [0.5, 0.6) is 11.5 Å². The highest BCUT2D eigenvalue weighted by atomic mass is 35.5. The van der Waals surface area contributed by atoms with Crippen LogP contribution < -0.4 is 15.2 Å². The molecule has 21 heavy (non-hydrogen) atoms. The summed E-state index contributed by atoms with van der Waals surface area (Å²) in [5, 5.41) is 0.704. The summed E-state index contributed by atoms with van der Waals surface area (Å²) in [5.41, 5.74) is 8.57. The van der Waals surface area contributed by atoms with Crippen molar-refractivity contribution in [3.8, 4) is 11.5 Å². The van der Waals surface area contributed by atoms with Crippen molar-refractivity contribution in [3.05, 3.63) is 52.5 Å². The summed E-state index contributed by atoms with van der Waals surface area (Å²) in [6, 6.07) is 11.3. The summed E-state index contributed by atoms with van der Waals surface area (Å²) >= 11 is 5.94. The Labute approximate surface area is 128 Å². The maximum atomic E-state index is 6.01. The molecule has 0 fully saturated rings. The zero-order valence-electron chi connectivity index (χ0n) is 11.5. The predicted molar refractivity (Wildman–Crippen MR) is 81.8 cm³/mol. The van der Waals surface area contributed by atoms with Gasteiger partial charge in [-0.3, -0.25) is 0 Å². The molecule has 0 amide bonds. The largest absolute Gasteiger partial charge is 0.486 e. The van der Waals surface area contributed by atoms with Gasteiger partial charge in [0.25, 0.3) is 0 Å². The molecule has 0 aromatic heterocycles. The number of fused-ring (bicyclic) bond motifs is 1. The molecule has 5 heteroatoms. The Hall–Kier alpha value is -1.91. The third-order valence-corrected chi connectivity index (χ3v) is 3.45. The van der Waals surface area contributed by atoms with Gasteiger partial charge in [-0.2, -0.15) is 0 Å². The molecule has 0 saturated carbocycles. The van der Waals surface area contributed by atoms with Crippen molar-refractivity contribution in [1.29, 1.82) is 0 Å². The van der Waals surface area contributed by atoms with E-state index < -0.39 is 0 Å². The Bertz CT molecular complexity index is 645. The van der Waals surface area contributed by atoms with Crippen LogP contribution in [0.3, 0.4) is 0 Å². The molecule has 110 valence electrons. The van der Waals surface area contributed by atoms with Gasteiger partial charge in [-0.1, -0.05) is 23.7 Å². The standard InChI is InChI=1S/C16H16ClNO3/c17-13-3-1-2-11(6-13)9-19-10-12-7-15-16(8-14(12)18)21-5-4-20-15/h1-3,6-8H,4-5,9-10,18H2. The molecule has 1 heterocycles. The monoisotopic (exact) mass is 305 g/mol. The molecule has 1 aliphatic rings. The van der Waals surface area contributed by atoms with Crippen molar-refractivity contribution in [2.45, 2.75) is 13.2 Å². The number of hydrogen-bond donors (Lipinski definition) is 1. The number of benzene rings is 2. The molecule has 3 rings (SSSR count). The first-order chi connectivity index (χ1) is 10.2. The first kappa shape index (κ1) is 14.0. The first-order valence-corrected chi connectivity index (χ1v) is 7.10. The quantitative estimate of drug-likeness (QED) is 0.880.